The largest absolute Gasteiger partial charge is 0.459 e. The summed E-state index contributed by atoms with van der Waals surface area (Å²) in [5, 5.41) is 0. The van der Waals surface area contributed by atoms with Crippen LogP contribution in [0.1, 0.15) is 32.2 Å². The topological polar surface area (TPSA) is 52.1 Å². The summed E-state index contributed by atoms with van der Waals surface area (Å²) in [5.74, 6) is -0.232. The summed E-state index contributed by atoms with van der Waals surface area (Å²) in [5.41, 5.74) is 1.04. The molecule has 1 aromatic rings. The second-order valence-corrected chi connectivity index (χ2v) is 4.48. The molecule has 0 saturated heterocycles. The van der Waals surface area contributed by atoms with Gasteiger partial charge in [-0.1, -0.05) is 0 Å². The first kappa shape index (κ1) is 11.6. The van der Waals surface area contributed by atoms with Crippen LogP contribution in [0.5, 0.6) is 0 Å². The summed E-state index contributed by atoms with van der Waals surface area (Å²) < 4.78 is 5.09. The zero-order valence-electron chi connectivity index (χ0n) is 9.57. The lowest BCUT2D eigenvalue weighted by Gasteiger charge is -2.16. The van der Waals surface area contributed by atoms with Gasteiger partial charge in [-0.2, -0.15) is 0 Å². The summed E-state index contributed by atoms with van der Waals surface area (Å²) in [7, 11) is 0. The molecule has 0 N–H and O–H groups in total. The predicted octanol–water partition coefficient (Wildman–Crippen LogP) is 1.87. The van der Waals surface area contributed by atoms with Crippen molar-refractivity contribution in [2.45, 2.75) is 34.3 Å². The number of carbonyl (C=O) groups excluding carboxylic acids is 1. The zero-order chi connectivity index (χ0) is 11.5. The van der Waals surface area contributed by atoms with Crippen molar-refractivity contribution in [2.75, 3.05) is 0 Å². The lowest BCUT2D eigenvalue weighted by molar-refractivity contribution is -0.154. The van der Waals surface area contributed by atoms with Crippen molar-refractivity contribution in [2.24, 2.45) is 5.41 Å². The number of hydrogen-bond donors (Lipinski definition) is 0. The van der Waals surface area contributed by atoms with Crippen LogP contribution in [0.2, 0.25) is 0 Å². The van der Waals surface area contributed by atoms with E-state index in [2.05, 4.69) is 9.97 Å². The molecule has 0 fully saturated rings. The highest BCUT2D eigenvalue weighted by molar-refractivity contribution is 5.75. The molecule has 0 aliphatic carbocycles. The SMILES string of the molecule is Cc1cnc(COC(=O)C(C)(C)C)cn1. The maximum atomic E-state index is 11.4. The summed E-state index contributed by atoms with van der Waals surface area (Å²) in [6.07, 6.45) is 3.27. The number of aryl methyl sites for hydroxylation is 1. The third-order valence-corrected chi connectivity index (χ3v) is 1.80. The fourth-order valence-corrected chi connectivity index (χ4v) is 0.850. The molecule has 0 aromatic carbocycles. The third-order valence-electron chi connectivity index (χ3n) is 1.80. The summed E-state index contributed by atoms with van der Waals surface area (Å²) >= 11 is 0. The van der Waals surface area contributed by atoms with E-state index in [9.17, 15) is 4.79 Å². The Bertz CT molecular complexity index is 339. The highest BCUT2D eigenvalue weighted by atomic mass is 16.5. The molecule has 0 saturated carbocycles. The Labute approximate surface area is 89.7 Å². The molecule has 0 unspecified atom stereocenters. The van der Waals surface area contributed by atoms with Gasteiger partial charge in [-0.05, 0) is 27.7 Å². The van der Waals surface area contributed by atoms with Crippen LogP contribution in [0.3, 0.4) is 0 Å². The van der Waals surface area contributed by atoms with Crippen LogP contribution >= 0.6 is 0 Å². The molecule has 4 nitrogen and oxygen atoms in total. The highest BCUT2D eigenvalue weighted by Gasteiger charge is 2.22. The van der Waals surface area contributed by atoms with E-state index in [0.717, 1.165) is 5.69 Å². The summed E-state index contributed by atoms with van der Waals surface area (Å²) in [6.45, 7) is 7.49. The van der Waals surface area contributed by atoms with E-state index in [1.54, 1.807) is 12.4 Å². The van der Waals surface area contributed by atoms with Crippen LogP contribution in [-0.4, -0.2) is 15.9 Å². The molecule has 1 aromatic heterocycles. The van der Waals surface area contributed by atoms with Crippen LogP contribution in [0.4, 0.5) is 0 Å². The molecular weight excluding hydrogens is 192 g/mol. The van der Waals surface area contributed by atoms with Gasteiger partial charge in [0.25, 0.3) is 0 Å². The van der Waals surface area contributed by atoms with Gasteiger partial charge in [0.1, 0.15) is 6.61 Å². The van der Waals surface area contributed by atoms with Gasteiger partial charge in [0.2, 0.25) is 0 Å². The third kappa shape index (κ3) is 3.65. The van der Waals surface area contributed by atoms with E-state index in [1.807, 2.05) is 27.7 Å². The fraction of sp³-hybridized carbons (Fsp3) is 0.545. The molecule has 1 heterocycles. The molecular formula is C11H16N2O2. The molecule has 0 amide bonds. The average Bonchev–Trinajstić information content (AvgIpc) is 2.15. The lowest BCUT2D eigenvalue weighted by atomic mass is 9.97. The monoisotopic (exact) mass is 208 g/mol. The predicted molar refractivity (Wildman–Crippen MR) is 56.0 cm³/mol. The van der Waals surface area contributed by atoms with Crippen LogP contribution in [0.25, 0.3) is 0 Å². The second-order valence-electron chi connectivity index (χ2n) is 4.48. The van der Waals surface area contributed by atoms with E-state index >= 15 is 0 Å². The van der Waals surface area contributed by atoms with Crippen molar-refractivity contribution in [1.82, 2.24) is 9.97 Å². The molecule has 0 radical (unpaired) electrons. The molecule has 0 aliphatic heterocycles. The number of aromatic nitrogens is 2. The van der Waals surface area contributed by atoms with Crippen molar-refractivity contribution >= 4 is 5.97 Å². The summed E-state index contributed by atoms with van der Waals surface area (Å²) in [6, 6.07) is 0. The molecule has 82 valence electrons. The normalized spacial score (nSPS) is 11.2. The van der Waals surface area contributed by atoms with Gasteiger partial charge in [0.05, 0.1) is 23.0 Å². The fourth-order valence-electron chi connectivity index (χ4n) is 0.850. The first-order chi connectivity index (χ1) is 6.89. The number of ether oxygens (including phenoxy) is 1. The molecule has 0 aliphatic rings. The molecule has 15 heavy (non-hydrogen) atoms. The van der Waals surface area contributed by atoms with Gasteiger partial charge in [0.15, 0.2) is 0 Å². The first-order valence-corrected chi connectivity index (χ1v) is 4.84. The van der Waals surface area contributed by atoms with E-state index in [1.165, 1.54) is 0 Å². The van der Waals surface area contributed by atoms with Crippen LogP contribution in [-0.2, 0) is 16.1 Å². The number of rotatable bonds is 2. The molecule has 0 atom stereocenters. The Morgan fingerprint density at radius 3 is 2.47 bits per heavy atom. The van der Waals surface area contributed by atoms with Crippen LogP contribution < -0.4 is 0 Å². The Morgan fingerprint density at radius 2 is 2.00 bits per heavy atom. The van der Waals surface area contributed by atoms with E-state index in [0.29, 0.717) is 5.69 Å². The van der Waals surface area contributed by atoms with Crippen molar-refractivity contribution in [1.29, 1.82) is 0 Å². The molecule has 1 rings (SSSR count). The minimum atomic E-state index is -0.474. The van der Waals surface area contributed by atoms with Crippen molar-refractivity contribution in [3.63, 3.8) is 0 Å². The second kappa shape index (κ2) is 4.38. The van der Waals surface area contributed by atoms with Crippen molar-refractivity contribution in [3.05, 3.63) is 23.8 Å². The number of esters is 1. The van der Waals surface area contributed by atoms with Crippen molar-refractivity contribution < 1.29 is 9.53 Å². The Balaban J connectivity index is 2.51. The van der Waals surface area contributed by atoms with E-state index < -0.39 is 5.41 Å². The van der Waals surface area contributed by atoms with Gasteiger partial charge in [0, 0.05) is 6.20 Å². The zero-order valence-corrected chi connectivity index (χ0v) is 9.57. The smallest absolute Gasteiger partial charge is 0.311 e. The van der Waals surface area contributed by atoms with Gasteiger partial charge >= 0.3 is 5.97 Å². The minimum absolute atomic E-state index is 0.184. The maximum absolute atomic E-state index is 11.4. The molecule has 4 heteroatoms. The van der Waals surface area contributed by atoms with Gasteiger partial charge in [-0.15, -0.1) is 0 Å². The van der Waals surface area contributed by atoms with Crippen LogP contribution in [0.15, 0.2) is 12.4 Å². The first-order valence-electron chi connectivity index (χ1n) is 4.84. The molecule has 0 spiro atoms. The standard InChI is InChI=1S/C11H16N2O2/c1-8-5-13-9(6-12-8)7-15-10(14)11(2,3)4/h5-6H,7H2,1-4H3. The van der Waals surface area contributed by atoms with Gasteiger partial charge < -0.3 is 4.74 Å². The quantitative estimate of drug-likeness (QED) is 0.696. The van der Waals surface area contributed by atoms with Crippen LogP contribution in [0, 0.1) is 12.3 Å². The van der Waals surface area contributed by atoms with E-state index in [4.69, 9.17) is 4.74 Å². The Kier molecular flexibility index (Phi) is 3.39. The maximum Gasteiger partial charge on any atom is 0.311 e. The highest BCUT2D eigenvalue weighted by Crippen LogP contribution is 2.15. The summed E-state index contributed by atoms with van der Waals surface area (Å²) in [4.78, 5) is 19.6. The minimum Gasteiger partial charge on any atom is -0.459 e. The van der Waals surface area contributed by atoms with Gasteiger partial charge in [-0.25, -0.2) is 0 Å². The Hall–Kier alpha value is -1.45. The lowest BCUT2D eigenvalue weighted by Crippen LogP contribution is -2.22. The average molecular weight is 208 g/mol. The number of nitrogens with zero attached hydrogens (tertiary/aromatic N) is 2. The van der Waals surface area contributed by atoms with Crippen molar-refractivity contribution in [3.8, 4) is 0 Å². The van der Waals surface area contributed by atoms with Gasteiger partial charge in [-0.3, -0.25) is 14.8 Å². The van der Waals surface area contributed by atoms with E-state index in [-0.39, 0.29) is 12.6 Å². The molecule has 0 bridgehead atoms. The number of carbonyl (C=O) groups is 1. The number of hydrogen-bond acceptors (Lipinski definition) is 4. The Morgan fingerprint density at radius 1 is 1.33 bits per heavy atom.